The average molecular weight is 564 g/mol. The molecular formula is C32H41N3O4S. The molecule has 0 aliphatic rings. The van der Waals surface area contributed by atoms with Gasteiger partial charge in [0.1, 0.15) is 12.6 Å². The van der Waals surface area contributed by atoms with E-state index >= 15 is 0 Å². The monoisotopic (exact) mass is 563 g/mol. The minimum atomic E-state index is -4.09. The van der Waals surface area contributed by atoms with Crippen LogP contribution >= 0.6 is 0 Å². The second-order valence-corrected chi connectivity index (χ2v) is 12.0. The van der Waals surface area contributed by atoms with Crippen LogP contribution in [0.5, 0.6) is 0 Å². The molecule has 0 saturated heterocycles. The topological polar surface area (TPSA) is 86.8 Å². The van der Waals surface area contributed by atoms with E-state index in [-0.39, 0.29) is 17.3 Å². The summed E-state index contributed by atoms with van der Waals surface area (Å²) in [4.78, 5) is 28.7. The quantitative estimate of drug-likeness (QED) is 0.282. The summed E-state index contributed by atoms with van der Waals surface area (Å²) in [5, 5.41) is 2.91. The zero-order chi connectivity index (χ0) is 29.3. The molecule has 0 bridgehead atoms. The van der Waals surface area contributed by atoms with Crippen molar-refractivity contribution in [3.63, 3.8) is 0 Å². The van der Waals surface area contributed by atoms with Crippen molar-refractivity contribution in [3.8, 4) is 0 Å². The maximum absolute atomic E-state index is 14.0. The van der Waals surface area contributed by atoms with Gasteiger partial charge in [0.2, 0.25) is 11.8 Å². The molecule has 0 saturated carbocycles. The molecule has 0 heterocycles. The van der Waals surface area contributed by atoms with Gasteiger partial charge in [0.25, 0.3) is 10.0 Å². The van der Waals surface area contributed by atoms with E-state index in [1.807, 2.05) is 64.1 Å². The number of sulfonamides is 1. The predicted octanol–water partition coefficient (Wildman–Crippen LogP) is 5.39. The smallest absolute Gasteiger partial charge is 0.264 e. The molecule has 0 unspecified atom stereocenters. The Morgan fingerprint density at radius 2 is 1.48 bits per heavy atom. The summed E-state index contributed by atoms with van der Waals surface area (Å²) < 4.78 is 29.2. The van der Waals surface area contributed by atoms with Gasteiger partial charge in [0.05, 0.1) is 10.6 Å². The van der Waals surface area contributed by atoms with Crippen LogP contribution in [0.1, 0.15) is 55.9 Å². The van der Waals surface area contributed by atoms with Crippen molar-refractivity contribution in [2.24, 2.45) is 0 Å². The summed E-state index contributed by atoms with van der Waals surface area (Å²) in [6, 6.07) is 20.8. The first kappa shape index (κ1) is 30.9. The lowest BCUT2D eigenvalue weighted by atomic mass is 10.1. The summed E-state index contributed by atoms with van der Waals surface area (Å²) in [5.74, 6) is -0.726. The SMILES string of the molecule is CCCCNC(=O)[C@@H](C)N(Cc1ccc(C)cc1)C(=O)CN(c1ccccc1CC)S(=O)(=O)c1ccc(C)cc1. The van der Waals surface area contributed by atoms with E-state index in [1.54, 1.807) is 43.3 Å². The normalized spacial score (nSPS) is 12.0. The third-order valence-corrected chi connectivity index (χ3v) is 8.77. The van der Waals surface area contributed by atoms with E-state index in [0.29, 0.717) is 18.7 Å². The number of para-hydroxylation sites is 1. The van der Waals surface area contributed by atoms with Crippen molar-refractivity contribution < 1.29 is 18.0 Å². The molecule has 0 fully saturated rings. The summed E-state index contributed by atoms with van der Waals surface area (Å²) in [5.41, 5.74) is 4.13. The lowest BCUT2D eigenvalue weighted by molar-refractivity contribution is -0.139. The average Bonchev–Trinajstić information content (AvgIpc) is 2.95. The number of hydrogen-bond donors (Lipinski definition) is 1. The highest BCUT2D eigenvalue weighted by Gasteiger charge is 2.33. The van der Waals surface area contributed by atoms with Crippen molar-refractivity contribution in [2.75, 3.05) is 17.4 Å². The van der Waals surface area contributed by atoms with Gasteiger partial charge in [-0.05, 0) is 62.9 Å². The van der Waals surface area contributed by atoms with E-state index in [2.05, 4.69) is 5.32 Å². The molecule has 2 amide bonds. The van der Waals surface area contributed by atoms with Crippen molar-refractivity contribution in [1.82, 2.24) is 10.2 Å². The molecular weight excluding hydrogens is 522 g/mol. The molecule has 1 atom stereocenters. The van der Waals surface area contributed by atoms with Gasteiger partial charge in [-0.25, -0.2) is 8.42 Å². The van der Waals surface area contributed by atoms with Gasteiger partial charge in [-0.15, -0.1) is 0 Å². The first-order valence-electron chi connectivity index (χ1n) is 13.9. The van der Waals surface area contributed by atoms with E-state index in [9.17, 15) is 18.0 Å². The van der Waals surface area contributed by atoms with Gasteiger partial charge >= 0.3 is 0 Å². The maximum Gasteiger partial charge on any atom is 0.264 e. The molecule has 0 spiro atoms. The molecule has 7 nitrogen and oxygen atoms in total. The highest BCUT2D eigenvalue weighted by Crippen LogP contribution is 2.28. The van der Waals surface area contributed by atoms with Crippen molar-refractivity contribution in [1.29, 1.82) is 0 Å². The molecule has 3 aromatic carbocycles. The standard InChI is InChI=1S/C32H41N3O4S/c1-6-8-21-33-32(37)26(5)34(22-27-17-13-24(3)14-18-27)31(36)23-35(30-12-10-9-11-28(30)7-2)40(38,39)29-19-15-25(4)16-20-29/h9-20,26H,6-8,21-23H2,1-5H3,(H,33,37)/t26-/m1/s1. The fraction of sp³-hybridized carbons (Fsp3) is 0.375. The molecule has 0 aromatic heterocycles. The number of rotatable bonds is 13. The van der Waals surface area contributed by atoms with E-state index in [4.69, 9.17) is 0 Å². The van der Waals surface area contributed by atoms with Crippen LogP contribution in [0.4, 0.5) is 5.69 Å². The lowest BCUT2D eigenvalue weighted by Gasteiger charge is -2.32. The fourth-order valence-corrected chi connectivity index (χ4v) is 5.86. The Morgan fingerprint density at radius 3 is 2.08 bits per heavy atom. The minimum absolute atomic E-state index is 0.104. The number of aryl methyl sites for hydroxylation is 3. The number of nitrogens with one attached hydrogen (secondary N) is 1. The van der Waals surface area contributed by atoms with Crippen LogP contribution in [0.25, 0.3) is 0 Å². The van der Waals surface area contributed by atoms with Crippen LogP contribution in [-0.2, 0) is 32.6 Å². The number of hydrogen-bond acceptors (Lipinski definition) is 4. The molecule has 40 heavy (non-hydrogen) atoms. The number of anilines is 1. The molecule has 3 aromatic rings. The number of unbranched alkanes of at least 4 members (excludes halogenated alkanes) is 1. The van der Waals surface area contributed by atoms with Crippen LogP contribution < -0.4 is 9.62 Å². The highest BCUT2D eigenvalue weighted by atomic mass is 32.2. The second-order valence-electron chi connectivity index (χ2n) is 10.1. The molecule has 8 heteroatoms. The van der Waals surface area contributed by atoms with Crippen LogP contribution in [0, 0.1) is 13.8 Å². The van der Waals surface area contributed by atoms with E-state index < -0.39 is 28.5 Å². The Balaban J connectivity index is 2.03. The first-order valence-corrected chi connectivity index (χ1v) is 15.3. The summed E-state index contributed by atoms with van der Waals surface area (Å²) in [6.07, 6.45) is 2.36. The number of carbonyl (C=O) groups is 2. The predicted molar refractivity (Wildman–Crippen MR) is 161 cm³/mol. The van der Waals surface area contributed by atoms with Crippen LogP contribution in [0.2, 0.25) is 0 Å². The molecule has 3 rings (SSSR count). The van der Waals surface area contributed by atoms with Gasteiger partial charge in [-0.2, -0.15) is 0 Å². The number of benzene rings is 3. The molecule has 0 aliphatic heterocycles. The number of amides is 2. The van der Waals surface area contributed by atoms with Crippen molar-refractivity contribution in [3.05, 3.63) is 95.1 Å². The Morgan fingerprint density at radius 1 is 0.875 bits per heavy atom. The van der Waals surface area contributed by atoms with Gasteiger partial charge in [0.15, 0.2) is 0 Å². The number of carbonyl (C=O) groups excluding carboxylic acids is 2. The third kappa shape index (κ3) is 7.72. The number of nitrogens with zero attached hydrogens (tertiary/aromatic N) is 2. The first-order chi connectivity index (χ1) is 19.1. The van der Waals surface area contributed by atoms with Crippen molar-refractivity contribution >= 4 is 27.5 Å². The Labute approximate surface area is 239 Å². The lowest BCUT2D eigenvalue weighted by Crippen LogP contribution is -2.51. The second kappa shape index (κ2) is 14.1. The molecule has 0 radical (unpaired) electrons. The fourth-order valence-electron chi connectivity index (χ4n) is 4.41. The van der Waals surface area contributed by atoms with Gasteiger partial charge in [-0.3, -0.25) is 13.9 Å². The van der Waals surface area contributed by atoms with Gasteiger partial charge in [-0.1, -0.05) is 86.0 Å². The van der Waals surface area contributed by atoms with Crippen LogP contribution in [0.3, 0.4) is 0 Å². The Bertz CT molecular complexity index is 1390. The van der Waals surface area contributed by atoms with Gasteiger partial charge in [0, 0.05) is 13.1 Å². The maximum atomic E-state index is 14.0. The van der Waals surface area contributed by atoms with E-state index in [1.165, 1.54) is 9.21 Å². The summed E-state index contributed by atoms with van der Waals surface area (Å²) in [6.45, 7) is 9.80. The van der Waals surface area contributed by atoms with Crippen LogP contribution in [0.15, 0.2) is 77.7 Å². The van der Waals surface area contributed by atoms with Crippen LogP contribution in [-0.4, -0.2) is 44.3 Å². The summed E-state index contributed by atoms with van der Waals surface area (Å²) >= 11 is 0. The zero-order valence-corrected chi connectivity index (χ0v) is 25.0. The Hall–Kier alpha value is -3.65. The third-order valence-electron chi connectivity index (χ3n) is 7.00. The molecule has 214 valence electrons. The highest BCUT2D eigenvalue weighted by molar-refractivity contribution is 7.92. The molecule has 0 aliphatic carbocycles. The minimum Gasteiger partial charge on any atom is -0.354 e. The zero-order valence-electron chi connectivity index (χ0n) is 24.2. The van der Waals surface area contributed by atoms with Gasteiger partial charge < -0.3 is 10.2 Å². The van der Waals surface area contributed by atoms with E-state index in [0.717, 1.165) is 35.1 Å². The largest absolute Gasteiger partial charge is 0.354 e. The summed E-state index contributed by atoms with van der Waals surface area (Å²) in [7, 11) is -4.09. The van der Waals surface area contributed by atoms with Crippen molar-refractivity contribution in [2.45, 2.75) is 71.4 Å². The Kier molecular flexibility index (Phi) is 10.9. The molecule has 1 N–H and O–H groups in total.